The zero-order chi connectivity index (χ0) is 19.6. The first kappa shape index (κ1) is 18.8. The molecular weight excluding hydrogens is 366 g/mol. The van der Waals surface area contributed by atoms with Crippen LogP contribution in [0.4, 0.5) is 0 Å². The van der Waals surface area contributed by atoms with Crippen LogP contribution in [0.1, 0.15) is 40.0 Å². The highest BCUT2D eigenvalue weighted by Gasteiger charge is 2.22. The number of carboxylic acids is 1. The molecule has 2 aromatic heterocycles. The minimum absolute atomic E-state index is 0.0488. The Hall–Kier alpha value is -2.94. The van der Waals surface area contributed by atoms with Gasteiger partial charge in [-0.05, 0) is 43.9 Å². The van der Waals surface area contributed by atoms with Crippen LogP contribution in [-0.2, 0) is 4.79 Å². The summed E-state index contributed by atoms with van der Waals surface area (Å²) in [7, 11) is 0. The zero-order valence-electron chi connectivity index (χ0n) is 15.1. The molecule has 2 heterocycles. The van der Waals surface area contributed by atoms with E-state index >= 15 is 0 Å². The molecule has 0 bridgehead atoms. The van der Waals surface area contributed by atoms with Gasteiger partial charge in [0.15, 0.2) is 0 Å². The smallest absolute Gasteiger partial charge is 0.305 e. The van der Waals surface area contributed by atoms with Crippen LogP contribution in [0.2, 0.25) is 0 Å². The molecule has 1 atom stereocenters. The van der Waals surface area contributed by atoms with Crippen molar-refractivity contribution in [3.63, 3.8) is 0 Å². The van der Waals surface area contributed by atoms with Crippen LogP contribution in [0.25, 0.3) is 5.78 Å². The number of benzene rings is 1. The van der Waals surface area contributed by atoms with Gasteiger partial charge >= 0.3 is 5.97 Å². The lowest BCUT2D eigenvalue weighted by Crippen LogP contribution is -2.31. The second-order valence-electron chi connectivity index (χ2n) is 6.08. The number of carboxylic acid groups (broad SMARTS) is 1. The van der Waals surface area contributed by atoms with E-state index in [0.29, 0.717) is 11.3 Å². The van der Waals surface area contributed by atoms with Gasteiger partial charge in [0.2, 0.25) is 5.82 Å². The van der Waals surface area contributed by atoms with E-state index in [1.54, 1.807) is 11.8 Å². The summed E-state index contributed by atoms with van der Waals surface area (Å²) < 4.78 is 1.49. The maximum Gasteiger partial charge on any atom is 0.305 e. The molecule has 9 heteroatoms. The molecule has 0 fully saturated rings. The van der Waals surface area contributed by atoms with Crippen LogP contribution in [0.5, 0.6) is 0 Å². The zero-order valence-corrected chi connectivity index (χ0v) is 15.9. The second-order valence-corrected chi connectivity index (χ2v) is 6.96. The molecule has 140 valence electrons. The second kappa shape index (κ2) is 7.75. The number of aromatic nitrogens is 4. The number of fused-ring (bicyclic) bond motifs is 1. The molecule has 0 aliphatic rings. The van der Waals surface area contributed by atoms with Crippen molar-refractivity contribution in [1.82, 2.24) is 24.9 Å². The van der Waals surface area contributed by atoms with E-state index in [1.807, 2.05) is 50.4 Å². The molecule has 0 aliphatic carbocycles. The van der Waals surface area contributed by atoms with Gasteiger partial charge < -0.3 is 10.4 Å². The fraction of sp³-hybridized carbons (Fsp3) is 0.278. The van der Waals surface area contributed by atoms with Crippen LogP contribution >= 0.6 is 11.8 Å². The number of hydrogen-bond acceptors (Lipinski definition) is 6. The van der Waals surface area contributed by atoms with Gasteiger partial charge in [-0.1, -0.05) is 12.1 Å². The minimum atomic E-state index is -1.01. The molecule has 0 aliphatic heterocycles. The summed E-state index contributed by atoms with van der Waals surface area (Å²) >= 11 is 1.59. The average Bonchev–Trinajstić information content (AvgIpc) is 3.05. The van der Waals surface area contributed by atoms with E-state index in [0.717, 1.165) is 16.3 Å². The van der Waals surface area contributed by atoms with E-state index in [9.17, 15) is 14.7 Å². The van der Waals surface area contributed by atoms with E-state index < -0.39 is 17.9 Å². The minimum Gasteiger partial charge on any atom is -0.481 e. The highest BCUT2D eigenvalue weighted by Crippen LogP contribution is 2.21. The molecular formula is C18H19N5O3S. The Morgan fingerprint density at radius 1 is 1.22 bits per heavy atom. The fourth-order valence-corrected chi connectivity index (χ4v) is 3.16. The van der Waals surface area contributed by atoms with E-state index in [2.05, 4.69) is 20.4 Å². The van der Waals surface area contributed by atoms with Gasteiger partial charge in [-0.2, -0.15) is 4.98 Å². The van der Waals surface area contributed by atoms with Crippen molar-refractivity contribution in [1.29, 1.82) is 0 Å². The number of aliphatic carboxylic acids is 1. The van der Waals surface area contributed by atoms with Crippen molar-refractivity contribution in [2.24, 2.45) is 0 Å². The predicted molar refractivity (Wildman–Crippen MR) is 101 cm³/mol. The number of thioether (sulfide) groups is 1. The molecule has 2 N–H and O–H groups in total. The van der Waals surface area contributed by atoms with Gasteiger partial charge in [0.1, 0.15) is 0 Å². The van der Waals surface area contributed by atoms with E-state index in [1.165, 1.54) is 4.52 Å². The van der Waals surface area contributed by atoms with Crippen molar-refractivity contribution in [3.05, 3.63) is 53.1 Å². The third-order valence-corrected chi connectivity index (χ3v) is 4.77. The van der Waals surface area contributed by atoms with E-state index in [4.69, 9.17) is 0 Å². The normalized spacial score (nSPS) is 12.1. The maximum absolute atomic E-state index is 12.6. The first-order chi connectivity index (χ1) is 12.9. The first-order valence-electron chi connectivity index (χ1n) is 8.25. The standard InChI is InChI=1S/C18H19N5O3S/c1-10-8-11(2)23-18(19-10)21-16(22-23)17(26)20-14(9-15(24)25)12-4-6-13(27-3)7-5-12/h4-8,14H,9H2,1-3H3,(H,20,26)(H,24,25). The number of amides is 1. The molecule has 8 nitrogen and oxygen atoms in total. The largest absolute Gasteiger partial charge is 0.481 e. The number of nitrogens with one attached hydrogen (secondary N) is 1. The monoisotopic (exact) mass is 385 g/mol. The summed E-state index contributed by atoms with van der Waals surface area (Å²) in [5.41, 5.74) is 2.29. The quantitative estimate of drug-likeness (QED) is 0.627. The Bertz CT molecular complexity index is 1000. The summed E-state index contributed by atoms with van der Waals surface area (Å²) in [6, 6.07) is 8.55. The van der Waals surface area contributed by atoms with Gasteiger partial charge in [0.25, 0.3) is 11.7 Å². The Morgan fingerprint density at radius 2 is 1.93 bits per heavy atom. The Morgan fingerprint density at radius 3 is 2.56 bits per heavy atom. The lowest BCUT2D eigenvalue weighted by Gasteiger charge is -2.16. The van der Waals surface area contributed by atoms with Crippen molar-refractivity contribution in [2.75, 3.05) is 6.26 Å². The molecule has 0 saturated heterocycles. The van der Waals surface area contributed by atoms with Crippen molar-refractivity contribution >= 4 is 29.4 Å². The number of rotatable bonds is 6. The van der Waals surface area contributed by atoms with Gasteiger partial charge in [-0.25, -0.2) is 9.50 Å². The SMILES string of the molecule is CSc1ccc(C(CC(=O)O)NC(=O)c2nc3nc(C)cc(C)n3n2)cc1. The summed E-state index contributed by atoms with van der Waals surface area (Å²) in [6.45, 7) is 3.68. The molecule has 27 heavy (non-hydrogen) atoms. The molecule has 1 amide bonds. The van der Waals surface area contributed by atoms with Gasteiger partial charge in [0, 0.05) is 16.3 Å². The average molecular weight is 385 g/mol. The first-order valence-corrected chi connectivity index (χ1v) is 9.47. The molecule has 0 spiro atoms. The third-order valence-electron chi connectivity index (χ3n) is 4.02. The number of nitrogens with zero attached hydrogens (tertiary/aromatic N) is 4. The topological polar surface area (TPSA) is 109 Å². The van der Waals surface area contributed by atoms with Crippen molar-refractivity contribution in [3.8, 4) is 0 Å². The summed E-state index contributed by atoms with van der Waals surface area (Å²) in [5, 5.41) is 16.1. The van der Waals surface area contributed by atoms with Gasteiger partial charge in [-0.15, -0.1) is 16.9 Å². The third kappa shape index (κ3) is 4.25. The van der Waals surface area contributed by atoms with Gasteiger partial charge in [-0.3, -0.25) is 9.59 Å². The molecule has 1 unspecified atom stereocenters. The highest BCUT2D eigenvalue weighted by molar-refractivity contribution is 7.98. The van der Waals surface area contributed by atoms with Crippen molar-refractivity contribution < 1.29 is 14.7 Å². The summed E-state index contributed by atoms with van der Waals surface area (Å²) in [5.74, 6) is -1.27. The molecule has 3 rings (SSSR count). The summed E-state index contributed by atoms with van der Waals surface area (Å²) in [6.07, 6.45) is 1.71. The fourth-order valence-electron chi connectivity index (χ4n) is 2.75. The number of hydrogen-bond donors (Lipinski definition) is 2. The van der Waals surface area contributed by atoms with Crippen LogP contribution < -0.4 is 5.32 Å². The Kier molecular flexibility index (Phi) is 5.41. The van der Waals surface area contributed by atoms with Crippen LogP contribution in [0.3, 0.4) is 0 Å². The lowest BCUT2D eigenvalue weighted by molar-refractivity contribution is -0.137. The number of carbonyl (C=O) groups is 2. The highest BCUT2D eigenvalue weighted by atomic mass is 32.2. The maximum atomic E-state index is 12.6. The molecule has 3 aromatic rings. The summed E-state index contributed by atoms with van der Waals surface area (Å²) in [4.78, 5) is 33.3. The van der Waals surface area contributed by atoms with Crippen molar-refractivity contribution in [2.45, 2.75) is 31.2 Å². The van der Waals surface area contributed by atoms with Crippen LogP contribution in [-0.4, -0.2) is 42.8 Å². The molecule has 0 radical (unpaired) electrons. The van der Waals surface area contributed by atoms with E-state index in [-0.39, 0.29) is 12.2 Å². The lowest BCUT2D eigenvalue weighted by atomic mass is 10.0. The number of aryl methyl sites for hydroxylation is 2. The predicted octanol–water partition coefficient (Wildman–Crippen LogP) is 2.41. The van der Waals surface area contributed by atoms with Crippen LogP contribution in [0, 0.1) is 13.8 Å². The van der Waals surface area contributed by atoms with Crippen LogP contribution in [0.15, 0.2) is 35.2 Å². The van der Waals surface area contributed by atoms with Gasteiger partial charge in [0.05, 0.1) is 12.5 Å². The Labute approximate surface area is 160 Å². The Balaban J connectivity index is 1.87. The molecule has 0 saturated carbocycles. The molecule has 1 aromatic carbocycles. The number of carbonyl (C=O) groups excluding carboxylic acids is 1.